The third-order valence-electron chi connectivity index (χ3n) is 8.00. The molecule has 0 bridgehead atoms. The Hall–Kier alpha value is -4.79. The molecule has 2 N–H and O–H groups in total. The van der Waals surface area contributed by atoms with E-state index in [9.17, 15) is 5.26 Å². The lowest BCUT2D eigenvalue weighted by atomic mass is 9.86. The van der Waals surface area contributed by atoms with Crippen molar-refractivity contribution >= 4 is 49.4 Å². The summed E-state index contributed by atoms with van der Waals surface area (Å²) in [5.74, 6) is -0.104. The quantitative estimate of drug-likeness (QED) is 0.258. The van der Waals surface area contributed by atoms with E-state index in [1.54, 1.807) is 0 Å². The Kier molecular flexibility index (Phi) is 4.55. The summed E-state index contributed by atoms with van der Waals surface area (Å²) in [4.78, 5) is 0. The van der Waals surface area contributed by atoms with Gasteiger partial charge in [-0.05, 0) is 47.9 Å². The molecule has 6 aromatic rings. The first-order valence-corrected chi connectivity index (χ1v) is 13.0. The largest absolute Gasteiger partial charge is 0.456 e. The second kappa shape index (κ2) is 8.11. The van der Waals surface area contributed by atoms with Crippen LogP contribution in [0.25, 0.3) is 43.7 Å². The molecule has 4 aromatic carbocycles. The lowest BCUT2D eigenvalue weighted by Gasteiger charge is -2.38. The van der Waals surface area contributed by atoms with E-state index in [1.807, 2.05) is 24.3 Å². The van der Waals surface area contributed by atoms with Crippen molar-refractivity contribution in [2.75, 3.05) is 5.32 Å². The topological polar surface area (TPSA) is 65.9 Å². The summed E-state index contributed by atoms with van der Waals surface area (Å²) >= 11 is 0. The molecule has 0 spiro atoms. The van der Waals surface area contributed by atoms with Gasteiger partial charge in [0.15, 0.2) is 6.29 Å². The Labute approximate surface area is 219 Å². The Bertz CT molecular complexity index is 2000. The number of furan rings is 1. The van der Waals surface area contributed by atoms with Gasteiger partial charge in [0.2, 0.25) is 0 Å². The molecule has 3 atom stereocenters. The molecule has 38 heavy (non-hydrogen) atoms. The minimum Gasteiger partial charge on any atom is -0.456 e. The number of rotatable bonds is 2. The van der Waals surface area contributed by atoms with E-state index in [0.717, 1.165) is 50.5 Å². The predicted octanol–water partition coefficient (Wildman–Crippen LogP) is 7.93. The maximum atomic E-state index is 9.61. The van der Waals surface area contributed by atoms with Crippen LogP contribution in [-0.2, 0) is 0 Å². The second-order valence-electron chi connectivity index (χ2n) is 10.2. The third-order valence-corrected chi connectivity index (χ3v) is 8.00. The van der Waals surface area contributed by atoms with Gasteiger partial charge in [-0.25, -0.2) is 0 Å². The van der Waals surface area contributed by atoms with Crippen LogP contribution in [0.3, 0.4) is 0 Å². The van der Waals surface area contributed by atoms with Gasteiger partial charge in [-0.2, -0.15) is 5.26 Å². The Balaban J connectivity index is 1.36. The smallest absolute Gasteiger partial charge is 0.160 e. The molecule has 0 fully saturated rings. The number of para-hydroxylation sites is 3. The lowest BCUT2D eigenvalue weighted by molar-refractivity contribution is 0.405. The van der Waals surface area contributed by atoms with Gasteiger partial charge in [0.25, 0.3) is 0 Å². The molecule has 1 aliphatic carbocycles. The van der Waals surface area contributed by atoms with Gasteiger partial charge in [-0.1, -0.05) is 72.8 Å². The van der Waals surface area contributed by atoms with Gasteiger partial charge in [0, 0.05) is 27.2 Å². The van der Waals surface area contributed by atoms with Gasteiger partial charge in [-0.3, -0.25) is 5.32 Å². The number of nitrogens with one attached hydrogen (secondary N) is 2. The van der Waals surface area contributed by atoms with Crippen molar-refractivity contribution in [1.82, 2.24) is 9.88 Å². The molecule has 182 valence electrons. The second-order valence-corrected chi connectivity index (χ2v) is 10.2. The average molecular weight is 493 g/mol. The maximum absolute atomic E-state index is 9.61. The van der Waals surface area contributed by atoms with Crippen LogP contribution in [0.2, 0.25) is 0 Å². The predicted molar refractivity (Wildman–Crippen MR) is 153 cm³/mol. The highest BCUT2D eigenvalue weighted by molar-refractivity contribution is 6.16. The summed E-state index contributed by atoms with van der Waals surface area (Å²) in [5.41, 5.74) is 7.61. The van der Waals surface area contributed by atoms with Gasteiger partial charge < -0.3 is 14.3 Å². The minimum absolute atomic E-state index is 0.00653. The van der Waals surface area contributed by atoms with E-state index >= 15 is 0 Å². The summed E-state index contributed by atoms with van der Waals surface area (Å²) < 4.78 is 8.62. The summed E-state index contributed by atoms with van der Waals surface area (Å²) in [6, 6.07) is 32.1. The van der Waals surface area contributed by atoms with Crippen molar-refractivity contribution < 1.29 is 4.42 Å². The number of fused-ring (bicyclic) bond motifs is 7. The number of nitriles is 1. The normalized spacial score (nSPS) is 20.9. The highest BCUT2D eigenvalue weighted by atomic mass is 16.3. The standard InChI is InChI=1S/C33H24N4O/c34-19-20-8-7-9-21(16-20)32-24-12-1-4-13-27(24)35-33(36-32)37-28-14-5-2-10-22(28)25-18-31-26(17-29(25)37)23-11-3-6-15-30(23)38-31/h1-15,17-18,20,32-33,35-36H,16H2. The number of nitrogens with zero attached hydrogens (tertiary/aromatic N) is 2. The van der Waals surface area contributed by atoms with Gasteiger partial charge in [0.05, 0.1) is 29.1 Å². The van der Waals surface area contributed by atoms with Crippen molar-refractivity contribution in [1.29, 1.82) is 5.26 Å². The first-order valence-electron chi connectivity index (χ1n) is 13.0. The van der Waals surface area contributed by atoms with E-state index in [2.05, 4.69) is 100 Å². The van der Waals surface area contributed by atoms with Gasteiger partial charge in [-0.15, -0.1) is 0 Å². The fraction of sp³-hybridized carbons (Fsp3) is 0.121. The number of hydrogen-bond acceptors (Lipinski definition) is 4. The van der Waals surface area contributed by atoms with Gasteiger partial charge >= 0.3 is 0 Å². The minimum atomic E-state index is -0.194. The van der Waals surface area contributed by atoms with Crippen LogP contribution in [-0.4, -0.2) is 4.57 Å². The van der Waals surface area contributed by atoms with Crippen molar-refractivity contribution in [3.63, 3.8) is 0 Å². The van der Waals surface area contributed by atoms with E-state index < -0.39 is 0 Å². The fourth-order valence-electron chi connectivity index (χ4n) is 6.26. The molecule has 3 heterocycles. The summed E-state index contributed by atoms with van der Waals surface area (Å²) in [7, 11) is 0. The van der Waals surface area contributed by atoms with Crippen molar-refractivity contribution in [2.45, 2.75) is 18.8 Å². The van der Waals surface area contributed by atoms with E-state index in [1.165, 1.54) is 16.5 Å². The number of hydrogen-bond donors (Lipinski definition) is 2. The van der Waals surface area contributed by atoms with E-state index in [0.29, 0.717) is 0 Å². The average Bonchev–Trinajstić information content (AvgIpc) is 3.50. The zero-order valence-electron chi connectivity index (χ0n) is 20.6. The molecular formula is C33H24N4O. The highest BCUT2D eigenvalue weighted by Crippen LogP contribution is 2.42. The molecule has 2 aliphatic rings. The Morgan fingerprint density at radius 1 is 0.816 bits per heavy atom. The molecule has 0 amide bonds. The van der Waals surface area contributed by atoms with Crippen LogP contribution in [0, 0.1) is 17.2 Å². The van der Waals surface area contributed by atoms with Crippen LogP contribution < -0.4 is 10.6 Å². The first kappa shape index (κ1) is 21.3. The molecule has 0 saturated heterocycles. The number of aromatic nitrogens is 1. The monoisotopic (exact) mass is 492 g/mol. The van der Waals surface area contributed by atoms with Crippen LogP contribution in [0.1, 0.15) is 24.3 Å². The summed E-state index contributed by atoms with van der Waals surface area (Å²) in [6.07, 6.45) is 6.70. The molecule has 3 unspecified atom stereocenters. The molecule has 0 saturated carbocycles. The number of allylic oxidation sites excluding steroid dienone is 3. The zero-order valence-corrected chi connectivity index (χ0v) is 20.6. The van der Waals surface area contributed by atoms with E-state index in [4.69, 9.17) is 4.42 Å². The third kappa shape index (κ3) is 3.08. The van der Waals surface area contributed by atoms with Crippen molar-refractivity contribution in [2.24, 2.45) is 5.92 Å². The fourth-order valence-corrected chi connectivity index (χ4v) is 6.26. The van der Waals surface area contributed by atoms with Crippen molar-refractivity contribution in [3.8, 4) is 6.07 Å². The molecule has 5 nitrogen and oxygen atoms in total. The molecule has 2 aromatic heterocycles. The molecule has 8 rings (SSSR count). The molecule has 0 radical (unpaired) electrons. The number of benzene rings is 4. The number of anilines is 1. The van der Waals surface area contributed by atoms with Crippen LogP contribution in [0.4, 0.5) is 5.69 Å². The lowest BCUT2D eigenvalue weighted by Crippen LogP contribution is -2.41. The van der Waals surface area contributed by atoms with Gasteiger partial charge in [0.1, 0.15) is 11.2 Å². The molecular weight excluding hydrogens is 468 g/mol. The zero-order chi connectivity index (χ0) is 25.2. The summed E-state index contributed by atoms with van der Waals surface area (Å²) in [5, 5.41) is 21.9. The SMILES string of the molecule is N#CC1C=CC=C(C2NC(n3c4ccccc4c4cc5oc6ccccc6c5cc43)Nc3ccccc32)C1. The van der Waals surface area contributed by atoms with E-state index in [-0.39, 0.29) is 18.2 Å². The Morgan fingerprint density at radius 2 is 1.63 bits per heavy atom. The maximum Gasteiger partial charge on any atom is 0.160 e. The Morgan fingerprint density at radius 3 is 2.55 bits per heavy atom. The summed E-state index contributed by atoms with van der Waals surface area (Å²) in [6.45, 7) is 0. The van der Waals surface area contributed by atoms with Crippen LogP contribution in [0.5, 0.6) is 0 Å². The highest BCUT2D eigenvalue weighted by Gasteiger charge is 2.32. The van der Waals surface area contributed by atoms with Crippen LogP contribution in [0.15, 0.2) is 113 Å². The van der Waals surface area contributed by atoms with Crippen LogP contribution >= 0.6 is 0 Å². The van der Waals surface area contributed by atoms with Crippen molar-refractivity contribution in [3.05, 3.63) is 114 Å². The molecule has 1 aliphatic heterocycles. The molecule has 5 heteroatoms. The first-order chi connectivity index (χ1) is 18.8.